The summed E-state index contributed by atoms with van der Waals surface area (Å²) in [5, 5.41) is 9.28. The minimum atomic E-state index is -0.293. The largest absolute Gasteiger partial charge is 0.334 e. The Kier molecular flexibility index (Phi) is 5.16. The molecule has 1 N–H and O–H groups in total. The third-order valence-corrected chi connectivity index (χ3v) is 5.80. The van der Waals surface area contributed by atoms with Crippen LogP contribution in [0.2, 0.25) is 0 Å². The van der Waals surface area contributed by atoms with Gasteiger partial charge in [0.05, 0.1) is 0 Å². The molecule has 0 saturated carbocycles. The number of aromatic amines is 1. The van der Waals surface area contributed by atoms with Crippen LogP contribution in [0.25, 0.3) is 22.2 Å². The number of halogens is 1. The molecule has 3 heterocycles. The minimum absolute atomic E-state index is 0.0311. The number of hydrogen-bond donors (Lipinski definition) is 1. The van der Waals surface area contributed by atoms with Gasteiger partial charge in [-0.2, -0.15) is 5.10 Å². The number of nitrogens with zero attached hydrogens (tertiary/aromatic N) is 4. The molecule has 0 spiro atoms. The average molecular weight is 415 g/mol. The molecule has 1 atom stereocenters. The van der Waals surface area contributed by atoms with Gasteiger partial charge in [0.25, 0.3) is 5.91 Å². The fourth-order valence-corrected chi connectivity index (χ4v) is 4.17. The second kappa shape index (κ2) is 8.26. The molecule has 0 bridgehead atoms. The van der Waals surface area contributed by atoms with E-state index in [1.54, 1.807) is 18.3 Å². The van der Waals surface area contributed by atoms with Gasteiger partial charge >= 0.3 is 0 Å². The summed E-state index contributed by atoms with van der Waals surface area (Å²) in [6.07, 6.45) is 5.30. The molecule has 2 aromatic heterocycles. The Hall–Kier alpha value is -3.61. The highest BCUT2D eigenvalue weighted by atomic mass is 19.1. The number of amides is 1. The molecule has 6 nitrogen and oxygen atoms in total. The van der Waals surface area contributed by atoms with Crippen LogP contribution in [0.1, 0.15) is 35.6 Å². The SMILES string of the molecule is O=C(c1cc2ccccc2cn1)N1CCCCC1Cc1nc(-c2ccc(F)cc2)n[nH]1. The number of piperidine rings is 1. The lowest BCUT2D eigenvalue weighted by molar-refractivity contribution is 0.0605. The lowest BCUT2D eigenvalue weighted by atomic mass is 9.98. The highest BCUT2D eigenvalue weighted by Crippen LogP contribution is 2.24. The van der Waals surface area contributed by atoms with Gasteiger partial charge in [0.15, 0.2) is 5.82 Å². The molecule has 7 heteroatoms. The Morgan fingerprint density at radius 1 is 1.10 bits per heavy atom. The number of carbonyl (C=O) groups excluding carboxylic acids is 1. The number of fused-ring (bicyclic) bond motifs is 1. The van der Waals surface area contributed by atoms with E-state index in [-0.39, 0.29) is 17.8 Å². The van der Waals surface area contributed by atoms with Crippen molar-refractivity contribution in [3.05, 3.63) is 78.1 Å². The van der Waals surface area contributed by atoms with Crippen LogP contribution in [0.5, 0.6) is 0 Å². The van der Waals surface area contributed by atoms with E-state index in [0.717, 1.165) is 41.4 Å². The summed E-state index contributed by atoms with van der Waals surface area (Å²) in [7, 11) is 0. The first kappa shape index (κ1) is 19.4. The zero-order valence-electron chi connectivity index (χ0n) is 17.0. The van der Waals surface area contributed by atoms with E-state index in [0.29, 0.717) is 24.5 Å². The summed E-state index contributed by atoms with van der Waals surface area (Å²) >= 11 is 0. The second-order valence-electron chi connectivity index (χ2n) is 7.88. The first-order valence-electron chi connectivity index (χ1n) is 10.5. The number of aromatic nitrogens is 4. The Balaban J connectivity index is 1.35. The zero-order valence-corrected chi connectivity index (χ0v) is 17.0. The van der Waals surface area contributed by atoms with Crippen LogP contribution in [0.3, 0.4) is 0 Å². The third-order valence-electron chi connectivity index (χ3n) is 5.80. The first-order chi connectivity index (χ1) is 15.2. The highest BCUT2D eigenvalue weighted by Gasteiger charge is 2.29. The summed E-state index contributed by atoms with van der Waals surface area (Å²) in [5.41, 5.74) is 1.22. The van der Waals surface area contributed by atoms with Gasteiger partial charge < -0.3 is 4.90 Å². The lowest BCUT2D eigenvalue weighted by Crippen LogP contribution is -2.45. The summed E-state index contributed by atoms with van der Waals surface area (Å²) in [6.45, 7) is 0.705. The predicted octanol–water partition coefficient (Wildman–Crippen LogP) is 4.40. The maximum absolute atomic E-state index is 13.3. The molecule has 1 aliphatic heterocycles. The van der Waals surface area contributed by atoms with Crippen molar-refractivity contribution in [2.45, 2.75) is 31.7 Å². The Bertz CT molecular complexity index is 1220. The Morgan fingerprint density at radius 3 is 2.74 bits per heavy atom. The summed E-state index contributed by atoms with van der Waals surface area (Å²) < 4.78 is 13.2. The molecule has 0 aliphatic carbocycles. The number of benzene rings is 2. The second-order valence-corrected chi connectivity index (χ2v) is 7.88. The van der Waals surface area contributed by atoms with Crippen molar-refractivity contribution in [1.29, 1.82) is 0 Å². The molecule has 2 aromatic carbocycles. The van der Waals surface area contributed by atoms with Crippen LogP contribution in [0.15, 0.2) is 60.8 Å². The normalized spacial score (nSPS) is 16.5. The number of pyridine rings is 1. The van der Waals surface area contributed by atoms with E-state index in [1.807, 2.05) is 35.2 Å². The van der Waals surface area contributed by atoms with Gasteiger partial charge in [-0.1, -0.05) is 24.3 Å². The van der Waals surface area contributed by atoms with Crippen LogP contribution in [0, 0.1) is 5.82 Å². The minimum Gasteiger partial charge on any atom is -0.334 e. The molecule has 1 fully saturated rings. The molecule has 1 amide bonds. The highest BCUT2D eigenvalue weighted by molar-refractivity contribution is 5.96. The monoisotopic (exact) mass is 415 g/mol. The molecule has 0 radical (unpaired) electrons. The Labute approximate surface area is 179 Å². The molecular weight excluding hydrogens is 393 g/mol. The molecule has 31 heavy (non-hydrogen) atoms. The van der Waals surface area contributed by atoms with Gasteiger partial charge in [0, 0.05) is 36.2 Å². The van der Waals surface area contributed by atoms with Crippen LogP contribution in [0.4, 0.5) is 4.39 Å². The van der Waals surface area contributed by atoms with Crippen molar-refractivity contribution in [3.63, 3.8) is 0 Å². The quantitative estimate of drug-likeness (QED) is 0.536. The van der Waals surface area contributed by atoms with Crippen molar-refractivity contribution < 1.29 is 9.18 Å². The van der Waals surface area contributed by atoms with Gasteiger partial charge in [-0.3, -0.25) is 14.9 Å². The topological polar surface area (TPSA) is 74.8 Å². The molecule has 156 valence electrons. The number of H-pyrrole nitrogens is 1. The molecule has 1 unspecified atom stereocenters. The van der Waals surface area contributed by atoms with Gasteiger partial charge in [0.1, 0.15) is 17.3 Å². The van der Waals surface area contributed by atoms with Gasteiger partial charge in [-0.25, -0.2) is 9.37 Å². The van der Waals surface area contributed by atoms with Gasteiger partial charge in [-0.15, -0.1) is 0 Å². The lowest BCUT2D eigenvalue weighted by Gasteiger charge is -2.35. The van der Waals surface area contributed by atoms with Crippen molar-refractivity contribution in [1.82, 2.24) is 25.1 Å². The Morgan fingerprint density at radius 2 is 1.90 bits per heavy atom. The maximum Gasteiger partial charge on any atom is 0.272 e. The van der Waals surface area contributed by atoms with Crippen LogP contribution in [-0.4, -0.2) is 43.6 Å². The van der Waals surface area contributed by atoms with Crippen LogP contribution >= 0.6 is 0 Å². The number of nitrogens with one attached hydrogen (secondary N) is 1. The number of hydrogen-bond acceptors (Lipinski definition) is 4. The van der Waals surface area contributed by atoms with Crippen molar-refractivity contribution in [2.24, 2.45) is 0 Å². The average Bonchev–Trinajstić information content (AvgIpc) is 3.27. The standard InChI is InChI=1S/C24H22FN5O/c25-19-10-8-16(9-11-19)23-27-22(28-29-23)14-20-7-3-4-12-30(20)24(31)21-13-17-5-1-2-6-18(17)15-26-21/h1-2,5-6,8-11,13,15,20H,3-4,7,12,14H2,(H,27,28,29). The summed E-state index contributed by atoms with van der Waals surface area (Å²) in [6, 6.07) is 15.9. The summed E-state index contributed by atoms with van der Waals surface area (Å²) in [5.74, 6) is 0.905. The van der Waals surface area contributed by atoms with Crippen molar-refractivity contribution in [2.75, 3.05) is 6.54 Å². The fourth-order valence-electron chi connectivity index (χ4n) is 4.17. The smallest absolute Gasteiger partial charge is 0.272 e. The fraction of sp³-hybridized carbons (Fsp3) is 0.250. The third kappa shape index (κ3) is 4.03. The molecular formula is C24H22FN5O. The maximum atomic E-state index is 13.3. The van der Waals surface area contributed by atoms with Crippen molar-refractivity contribution >= 4 is 16.7 Å². The molecule has 5 rings (SSSR count). The number of rotatable bonds is 4. The number of likely N-dealkylation sites (tertiary alicyclic amines) is 1. The number of carbonyl (C=O) groups is 1. The molecule has 4 aromatic rings. The summed E-state index contributed by atoms with van der Waals surface area (Å²) in [4.78, 5) is 24.2. The van der Waals surface area contributed by atoms with Gasteiger partial charge in [0.2, 0.25) is 0 Å². The predicted molar refractivity (Wildman–Crippen MR) is 116 cm³/mol. The van der Waals surface area contributed by atoms with Crippen LogP contribution < -0.4 is 0 Å². The van der Waals surface area contributed by atoms with Gasteiger partial charge in [-0.05, 0) is 55.0 Å². The zero-order chi connectivity index (χ0) is 21.2. The molecule has 1 saturated heterocycles. The van der Waals surface area contributed by atoms with E-state index in [4.69, 9.17) is 0 Å². The van der Waals surface area contributed by atoms with E-state index in [1.165, 1.54) is 12.1 Å². The first-order valence-corrected chi connectivity index (χ1v) is 10.5. The van der Waals surface area contributed by atoms with E-state index in [9.17, 15) is 9.18 Å². The van der Waals surface area contributed by atoms with Crippen LogP contribution in [-0.2, 0) is 6.42 Å². The van der Waals surface area contributed by atoms with E-state index < -0.39 is 0 Å². The van der Waals surface area contributed by atoms with E-state index >= 15 is 0 Å². The van der Waals surface area contributed by atoms with Crippen molar-refractivity contribution in [3.8, 4) is 11.4 Å². The van der Waals surface area contributed by atoms with E-state index in [2.05, 4.69) is 20.2 Å². The molecule has 1 aliphatic rings.